The van der Waals surface area contributed by atoms with E-state index in [1.165, 1.54) is 7.05 Å². The van der Waals surface area contributed by atoms with Crippen molar-refractivity contribution in [1.29, 1.82) is 0 Å². The smallest absolute Gasteiger partial charge is 0.240 e. The minimum atomic E-state index is -3.52. The number of benzene rings is 1. The molecule has 1 aromatic heterocycles. The van der Waals surface area contributed by atoms with Crippen LogP contribution in [0.4, 0.5) is 0 Å². The van der Waals surface area contributed by atoms with E-state index in [0.717, 1.165) is 32.9 Å². The highest BCUT2D eigenvalue weighted by Gasteiger charge is 2.24. The van der Waals surface area contributed by atoms with Crippen molar-refractivity contribution in [1.82, 2.24) is 9.29 Å². The third-order valence-electron chi connectivity index (χ3n) is 3.88. The molecule has 0 aliphatic rings. The number of aryl methyl sites for hydroxylation is 1. The predicted octanol–water partition coefficient (Wildman–Crippen LogP) is 2.61. The lowest BCUT2D eigenvalue weighted by atomic mass is 10.1. The highest BCUT2D eigenvalue weighted by atomic mass is 32.2. The van der Waals surface area contributed by atoms with Gasteiger partial charge in [0.1, 0.15) is 0 Å². The zero-order chi connectivity index (χ0) is 16.3. The number of nitrogens with zero attached hydrogens (tertiary/aromatic N) is 1. The Bertz CT molecular complexity index is 778. The molecule has 1 amide bonds. The van der Waals surface area contributed by atoms with Gasteiger partial charge in [0.25, 0.3) is 0 Å². The van der Waals surface area contributed by atoms with E-state index in [4.69, 9.17) is 0 Å². The van der Waals surface area contributed by atoms with Crippen molar-refractivity contribution in [2.75, 3.05) is 12.8 Å². The van der Waals surface area contributed by atoms with Crippen LogP contribution in [0.5, 0.6) is 0 Å². The number of hydrogen-bond acceptors (Lipinski definition) is 3. The van der Waals surface area contributed by atoms with Crippen molar-refractivity contribution in [2.24, 2.45) is 0 Å². The topological polar surface area (TPSA) is 70.2 Å². The van der Waals surface area contributed by atoms with Crippen LogP contribution < -0.4 is 0 Å². The van der Waals surface area contributed by atoms with Crippen LogP contribution in [-0.4, -0.2) is 36.4 Å². The molecule has 2 aromatic rings. The molecule has 22 heavy (non-hydrogen) atoms. The molecule has 1 heterocycles. The van der Waals surface area contributed by atoms with Gasteiger partial charge in [-0.3, -0.25) is 4.79 Å². The lowest BCUT2D eigenvalue weighted by molar-refractivity contribution is -0.124. The van der Waals surface area contributed by atoms with E-state index in [2.05, 4.69) is 4.98 Å². The van der Waals surface area contributed by atoms with Gasteiger partial charge in [0.2, 0.25) is 15.9 Å². The van der Waals surface area contributed by atoms with Crippen LogP contribution in [0.2, 0.25) is 0 Å². The summed E-state index contributed by atoms with van der Waals surface area (Å²) < 4.78 is 25.1. The normalized spacial score (nSPS) is 11.8. The zero-order valence-corrected chi connectivity index (χ0v) is 14.0. The SMILES string of the molecule is CCCCS(=O)(=O)N(C)C(=O)Cc1c(C)[nH]c2ccccc12. The van der Waals surface area contributed by atoms with Gasteiger partial charge in [-0.05, 0) is 25.0 Å². The van der Waals surface area contributed by atoms with Gasteiger partial charge in [0.05, 0.1) is 12.2 Å². The van der Waals surface area contributed by atoms with E-state index in [0.29, 0.717) is 6.42 Å². The number of para-hydroxylation sites is 1. The Hall–Kier alpha value is -1.82. The number of sulfonamides is 1. The Morgan fingerprint density at radius 1 is 1.27 bits per heavy atom. The molecular weight excluding hydrogens is 300 g/mol. The molecule has 5 nitrogen and oxygen atoms in total. The van der Waals surface area contributed by atoms with E-state index in [9.17, 15) is 13.2 Å². The Balaban J connectivity index is 2.22. The maximum atomic E-state index is 12.3. The summed E-state index contributed by atoms with van der Waals surface area (Å²) in [5, 5.41) is 0.965. The van der Waals surface area contributed by atoms with Gasteiger partial charge in [0, 0.05) is 23.6 Å². The second-order valence-corrected chi connectivity index (χ2v) is 7.60. The predicted molar refractivity (Wildman–Crippen MR) is 88.2 cm³/mol. The third kappa shape index (κ3) is 3.32. The number of carbonyl (C=O) groups excluding carboxylic acids is 1. The number of rotatable bonds is 6. The van der Waals surface area contributed by atoms with Gasteiger partial charge in [-0.25, -0.2) is 12.7 Å². The first-order valence-electron chi connectivity index (χ1n) is 7.42. The van der Waals surface area contributed by atoms with Crippen LogP contribution in [0.1, 0.15) is 31.0 Å². The average molecular weight is 322 g/mol. The molecule has 0 unspecified atom stereocenters. The van der Waals surface area contributed by atoms with Gasteiger partial charge >= 0.3 is 0 Å². The molecule has 0 fully saturated rings. The molecule has 0 bridgehead atoms. The van der Waals surface area contributed by atoms with E-state index < -0.39 is 15.9 Å². The first-order valence-corrected chi connectivity index (χ1v) is 9.03. The summed E-state index contributed by atoms with van der Waals surface area (Å²) >= 11 is 0. The zero-order valence-electron chi connectivity index (χ0n) is 13.2. The van der Waals surface area contributed by atoms with Crippen LogP contribution in [0.15, 0.2) is 24.3 Å². The molecule has 2 rings (SSSR count). The minimum Gasteiger partial charge on any atom is -0.358 e. The van der Waals surface area contributed by atoms with E-state index >= 15 is 0 Å². The Kier molecular flexibility index (Phi) is 4.90. The lowest BCUT2D eigenvalue weighted by Gasteiger charge is -2.17. The van der Waals surface area contributed by atoms with E-state index in [1.54, 1.807) is 0 Å². The van der Waals surface area contributed by atoms with Crippen molar-refractivity contribution in [2.45, 2.75) is 33.1 Å². The number of fused-ring (bicyclic) bond motifs is 1. The molecule has 1 aromatic carbocycles. The molecule has 0 spiro atoms. The number of H-pyrrole nitrogens is 1. The van der Waals surface area contributed by atoms with Crippen LogP contribution in [0, 0.1) is 6.92 Å². The maximum Gasteiger partial charge on any atom is 0.240 e. The van der Waals surface area contributed by atoms with Crippen LogP contribution in [-0.2, 0) is 21.2 Å². The highest BCUT2D eigenvalue weighted by Crippen LogP contribution is 2.23. The molecule has 0 saturated heterocycles. The lowest BCUT2D eigenvalue weighted by Crippen LogP contribution is -2.36. The first kappa shape index (κ1) is 16.5. The van der Waals surface area contributed by atoms with Crippen LogP contribution in [0.25, 0.3) is 10.9 Å². The molecule has 0 radical (unpaired) electrons. The second kappa shape index (κ2) is 6.52. The fourth-order valence-electron chi connectivity index (χ4n) is 2.44. The van der Waals surface area contributed by atoms with Gasteiger partial charge < -0.3 is 4.98 Å². The molecule has 0 atom stereocenters. The van der Waals surface area contributed by atoms with Crippen molar-refractivity contribution < 1.29 is 13.2 Å². The number of unbranched alkanes of at least 4 members (excludes halogenated alkanes) is 1. The average Bonchev–Trinajstić information content (AvgIpc) is 2.80. The molecule has 1 N–H and O–H groups in total. The number of likely N-dealkylation sites (N-methyl/N-ethyl adjacent to an activating group) is 1. The van der Waals surface area contributed by atoms with Crippen molar-refractivity contribution >= 4 is 26.8 Å². The first-order chi connectivity index (χ1) is 10.4. The molecule has 120 valence electrons. The fourth-order valence-corrected chi connectivity index (χ4v) is 3.75. The Morgan fingerprint density at radius 2 is 1.95 bits per heavy atom. The second-order valence-electron chi connectivity index (χ2n) is 5.48. The summed E-state index contributed by atoms with van der Waals surface area (Å²) in [5.74, 6) is -0.387. The monoisotopic (exact) mass is 322 g/mol. The van der Waals surface area contributed by atoms with E-state index in [1.807, 2.05) is 38.1 Å². The largest absolute Gasteiger partial charge is 0.358 e. The Morgan fingerprint density at radius 3 is 2.64 bits per heavy atom. The summed E-state index contributed by atoms with van der Waals surface area (Å²) in [6, 6.07) is 7.71. The van der Waals surface area contributed by atoms with Gasteiger partial charge in [-0.2, -0.15) is 0 Å². The molecular formula is C16H22N2O3S. The van der Waals surface area contributed by atoms with Crippen molar-refractivity contribution in [3.8, 4) is 0 Å². The van der Waals surface area contributed by atoms with Crippen molar-refractivity contribution in [3.05, 3.63) is 35.5 Å². The standard InChI is InChI=1S/C16H22N2O3S/c1-4-5-10-22(20,21)18(3)16(19)11-14-12(2)17-15-9-7-6-8-13(14)15/h6-9,17H,4-5,10-11H2,1-3H3. The molecule has 0 aliphatic heterocycles. The summed E-state index contributed by atoms with van der Waals surface area (Å²) in [5.41, 5.74) is 2.71. The molecule has 0 saturated carbocycles. The molecule has 6 heteroatoms. The number of amides is 1. The van der Waals surface area contributed by atoms with Crippen molar-refractivity contribution in [3.63, 3.8) is 0 Å². The van der Waals surface area contributed by atoms with E-state index in [-0.39, 0.29) is 12.2 Å². The van der Waals surface area contributed by atoms with Gasteiger partial charge in [0.15, 0.2) is 0 Å². The minimum absolute atomic E-state index is 0.0125. The quantitative estimate of drug-likeness (QED) is 0.888. The Labute approximate surface area is 131 Å². The summed E-state index contributed by atoms with van der Waals surface area (Å²) in [6.07, 6.45) is 1.42. The van der Waals surface area contributed by atoms with Gasteiger partial charge in [-0.15, -0.1) is 0 Å². The number of nitrogens with one attached hydrogen (secondary N) is 1. The number of aromatic amines is 1. The van der Waals surface area contributed by atoms with Gasteiger partial charge in [-0.1, -0.05) is 31.5 Å². The van der Waals surface area contributed by atoms with Crippen LogP contribution in [0.3, 0.4) is 0 Å². The number of carbonyl (C=O) groups is 1. The highest BCUT2D eigenvalue weighted by molar-refractivity contribution is 7.89. The molecule has 0 aliphatic carbocycles. The fraction of sp³-hybridized carbons (Fsp3) is 0.438. The number of hydrogen-bond donors (Lipinski definition) is 1. The number of aromatic nitrogens is 1. The summed E-state index contributed by atoms with van der Waals surface area (Å²) in [7, 11) is -2.17. The summed E-state index contributed by atoms with van der Waals surface area (Å²) in [4.78, 5) is 15.6. The summed E-state index contributed by atoms with van der Waals surface area (Å²) in [6.45, 7) is 3.82. The third-order valence-corrected chi connectivity index (χ3v) is 5.72. The van der Waals surface area contributed by atoms with Crippen LogP contribution >= 0.6 is 0 Å². The maximum absolute atomic E-state index is 12.3.